The summed E-state index contributed by atoms with van der Waals surface area (Å²) in [5, 5.41) is 16.7. The van der Waals surface area contributed by atoms with Crippen LogP contribution in [0.15, 0.2) is 12.4 Å². The molecule has 0 amide bonds. The molecular weight excluding hydrogens is 262 g/mol. The maximum atomic E-state index is 9.12. The van der Waals surface area contributed by atoms with E-state index >= 15 is 0 Å². The summed E-state index contributed by atoms with van der Waals surface area (Å²) in [7, 11) is 0. The van der Waals surface area contributed by atoms with Crippen molar-refractivity contribution in [1.29, 1.82) is 0 Å². The first-order chi connectivity index (χ1) is 9.28. The molecule has 2 rings (SSSR count). The van der Waals surface area contributed by atoms with E-state index in [0.29, 0.717) is 12.2 Å². The van der Waals surface area contributed by atoms with Crippen molar-refractivity contribution < 1.29 is 5.11 Å². The summed E-state index contributed by atoms with van der Waals surface area (Å²) < 4.78 is 1.70. The van der Waals surface area contributed by atoms with Crippen molar-refractivity contribution in [2.45, 2.75) is 25.8 Å². The minimum absolute atomic E-state index is 0.171. The van der Waals surface area contributed by atoms with Gasteiger partial charge in [-0.3, -0.25) is 0 Å². The maximum absolute atomic E-state index is 9.12. The maximum Gasteiger partial charge on any atom is 0.254 e. The van der Waals surface area contributed by atoms with Crippen molar-refractivity contribution in [3.8, 4) is 0 Å². The summed E-state index contributed by atoms with van der Waals surface area (Å²) in [4.78, 5) is 8.54. The molecule has 0 aromatic carbocycles. The third-order valence-electron chi connectivity index (χ3n) is 2.86. The Kier molecular flexibility index (Phi) is 4.98. The van der Waals surface area contributed by atoms with Crippen LogP contribution in [0.1, 0.15) is 19.0 Å². The number of nitrogens with one attached hydrogen (secondary N) is 1. The molecule has 0 saturated carbocycles. The van der Waals surface area contributed by atoms with E-state index in [-0.39, 0.29) is 12.6 Å². The van der Waals surface area contributed by atoms with E-state index in [9.17, 15) is 0 Å². The zero-order valence-electron chi connectivity index (χ0n) is 11.2. The normalized spacial score (nSPS) is 12.8. The lowest BCUT2D eigenvalue weighted by molar-refractivity contribution is 0.282. The molecule has 7 heteroatoms. The predicted molar refractivity (Wildman–Crippen MR) is 77.7 cm³/mol. The minimum Gasteiger partial charge on any atom is -0.396 e. The fraction of sp³-hybridized carbons (Fsp3) is 0.583. The number of aliphatic hydroxyl groups excluding tert-OH is 1. The van der Waals surface area contributed by atoms with Crippen LogP contribution >= 0.6 is 11.8 Å². The molecule has 2 aromatic rings. The first-order valence-electron chi connectivity index (χ1n) is 6.34. The SMILES string of the molecule is CCc1cc(NC(CCO)CSC)n2ncnc2n1. The molecule has 0 radical (unpaired) electrons. The molecule has 0 aliphatic carbocycles. The van der Waals surface area contributed by atoms with Crippen LogP contribution in [0.4, 0.5) is 5.82 Å². The summed E-state index contributed by atoms with van der Waals surface area (Å²) in [6.45, 7) is 2.23. The molecular formula is C12H19N5OS. The summed E-state index contributed by atoms with van der Waals surface area (Å²) in [5.41, 5.74) is 0.981. The van der Waals surface area contributed by atoms with Crippen LogP contribution < -0.4 is 5.32 Å². The molecule has 19 heavy (non-hydrogen) atoms. The van der Waals surface area contributed by atoms with E-state index in [1.54, 1.807) is 16.3 Å². The van der Waals surface area contributed by atoms with Gasteiger partial charge >= 0.3 is 0 Å². The van der Waals surface area contributed by atoms with Crippen molar-refractivity contribution in [2.24, 2.45) is 0 Å². The Morgan fingerprint density at radius 3 is 3.05 bits per heavy atom. The first-order valence-corrected chi connectivity index (χ1v) is 7.73. The van der Waals surface area contributed by atoms with Crippen LogP contribution in [0, 0.1) is 0 Å². The molecule has 1 unspecified atom stereocenters. The van der Waals surface area contributed by atoms with E-state index < -0.39 is 0 Å². The Hall–Kier alpha value is -1.34. The Balaban J connectivity index is 2.28. The highest BCUT2D eigenvalue weighted by atomic mass is 32.2. The Bertz CT molecular complexity index is 524. The third-order valence-corrected chi connectivity index (χ3v) is 3.60. The van der Waals surface area contributed by atoms with Crippen molar-refractivity contribution in [3.63, 3.8) is 0 Å². The summed E-state index contributed by atoms with van der Waals surface area (Å²) >= 11 is 1.75. The van der Waals surface area contributed by atoms with Gasteiger partial charge < -0.3 is 10.4 Å². The highest BCUT2D eigenvalue weighted by molar-refractivity contribution is 7.98. The van der Waals surface area contributed by atoms with Crippen molar-refractivity contribution >= 4 is 23.4 Å². The molecule has 1 atom stereocenters. The monoisotopic (exact) mass is 281 g/mol. The van der Waals surface area contributed by atoms with Crippen LogP contribution in [0.2, 0.25) is 0 Å². The zero-order chi connectivity index (χ0) is 13.7. The average Bonchev–Trinajstić information content (AvgIpc) is 2.87. The summed E-state index contributed by atoms with van der Waals surface area (Å²) in [6, 6.07) is 2.20. The minimum atomic E-state index is 0.171. The van der Waals surface area contributed by atoms with E-state index in [0.717, 1.165) is 23.7 Å². The molecule has 0 aliphatic rings. The molecule has 104 valence electrons. The summed E-state index contributed by atoms with van der Waals surface area (Å²) in [5.74, 6) is 2.42. The lowest BCUT2D eigenvalue weighted by Crippen LogP contribution is -2.25. The predicted octanol–water partition coefficient (Wildman–Crippen LogP) is 1.21. The lowest BCUT2D eigenvalue weighted by atomic mass is 10.2. The molecule has 0 fully saturated rings. The number of aryl methyl sites for hydroxylation is 1. The Morgan fingerprint density at radius 2 is 2.37 bits per heavy atom. The van der Waals surface area contributed by atoms with Gasteiger partial charge in [0.2, 0.25) is 0 Å². The Morgan fingerprint density at radius 1 is 1.53 bits per heavy atom. The number of hydrogen-bond acceptors (Lipinski definition) is 6. The molecule has 0 bridgehead atoms. The molecule has 0 spiro atoms. The third kappa shape index (κ3) is 3.36. The molecule has 2 aromatic heterocycles. The van der Waals surface area contributed by atoms with Gasteiger partial charge in [0.15, 0.2) is 0 Å². The topological polar surface area (TPSA) is 75.3 Å². The van der Waals surface area contributed by atoms with Crippen LogP contribution in [-0.2, 0) is 6.42 Å². The van der Waals surface area contributed by atoms with E-state index in [4.69, 9.17) is 5.11 Å². The van der Waals surface area contributed by atoms with Crippen molar-refractivity contribution in [2.75, 3.05) is 23.9 Å². The van der Waals surface area contributed by atoms with Gasteiger partial charge in [0.1, 0.15) is 12.1 Å². The fourth-order valence-electron chi connectivity index (χ4n) is 1.91. The van der Waals surface area contributed by atoms with Crippen LogP contribution in [0.5, 0.6) is 0 Å². The van der Waals surface area contributed by atoms with Crippen LogP contribution in [0.3, 0.4) is 0 Å². The highest BCUT2D eigenvalue weighted by Crippen LogP contribution is 2.15. The number of anilines is 1. The number of aliphatic hydroxyl groups is 1. The van der Waals surface area contributed by atoms with Gasteiger partial charge in [0, 0.05) is 30.2 Å². The first kappa shape index (κ1) is 14.1. The van der Waals surface area contributed by atoms with Crippen LogP contribution in [0.25, 0.3) is 5.78 Å². The summed E-state index contributed by atoms with van der Waals surface area (Å²) in [6.07, 6.45) is 5.12. The van der Waals surface area contributed by atoms with Crippen molar-refractivity contribution in [1.82, 2.24) is 19.6 Å². The molecule has 0 saturated heterocycles. The fourth-order valence-corrected chi connectivity index (χ4v) is 2.56. The number of rotatable bonds is 7. The van der Waals surface area contributed by atoms with Gasteiger partial charge in [0.25, 0.3) is 5.78 Å². The van der Waals surface area contributed by atoms with E-state index in [1.807, 2.05) is 6.07 Å². The van der Waals surface area contributed by atoms with E-state index in [1.165, 1.54) is 6.33 Å². The van der Waals surface area contributed by atoms with Gasteiger partial charge in [-0.15, -0.1) is 0 Å². The second-order valence-corrected chi connectivity index (χ2v) is 5.18. The number of nitrogens with zero attached hydrogens (tertiary/aromatic N) is 4. The van der Waals surface area contributed by atoms with E-state index in [2.05, 4.69) is 33.6 Å². The molecule has 2 heterocycles. The molecule has 2 N–H and O–H groups in total. The average molecular weight is 281 g/mol. The van der Waals surface area contributed by atoms with Gasteiger partial charge in [-0.2, -0.15) is 26.4 Å². The lowest BCUT2D eigenvalue weighted by Gasteiger charge is -2.18. The number of aromatic nitrogens is 4. The number of fused-ring (bicyclic) bond motifs is 1. The smallest absolute Gasteiger partial charge is 0.254 e. The van der Waals surface area contributed by atoms with Gasteiger partial charge in [-0.25, -0.2) is 4.98 Å². The van der Waals surface area contributed by atoms with Gasteiger partial charge in [0.05, 0.1) is 0 Å². The standard InChI is InChI=1S/C12H19N5OS/c1-3-9-6-11(15-10(4-5-18)7-19-2)17-12(16-9)13-8-14-17/h6,8,10,15,18H,3-5,7H2,1-2H3. The number of thioether (sulfide) groups is 1. The second-order valence-electron chi connectivity index (χ2n) is 4.27. The largest absolute Gasteiger partial charge is 0.396 e. The molecule has 0 aliphatic heterocycles. The zero-order valence-corrected chi connectivity index (χ0v) is 12.0. The van der Waals surface area contributed by atoms with Crippen molar-refractivity contribution in [3.05, 3.63) is 18.1 Å². The highest BCUT2D eigenvalue weighted by Gasteiger charge is 2.12. The van der Waals surface area contributed by atoms with Gasteiger partial charge in [-0.1, -0.05) is 6.92 Å². The van der Waals surface area contributed by atoms with Gasteiger partial charge in [-0.05, 0) is 19.1 Å². The second kappa shape index (κ2) is 6.72. The molecule has 6 nitrogen and oxygen atoms in total. The Labute approximate surface area is 116 Å². The number of hydrogen-bond donors (Lipinski definition) is 2. The van der Waals surface area contributed by atoms with Crippen LogP contribution in [-0.4, -0.2) is 49.3 Å². The quantitative estimate of drug-likeness (QED) is 0.794.